The largest absolute Gasteiger partial charge is 0.357 e. The maximum Gasteiger partial charge on any atom is 0.222 e. The van der Waals surface area contributed by atoms with E-state index in [-0.39, 0.29) is 29.9 Å². The van der Waals surface area contributed by atoms with Crippen LogP contribution in [0.15, 0.2) is 53.7 Å². The number of aromatic nitrogens is 3. The normalized spacial score (nSPS) is 14.0. The van der Waals surface area contributed by atoms with Crippen molar-refractivity contribution < 1.29 is 4.79 Å². The Hall–Kier alpha value is -2.69. The lowest BCUT2D eigenvalue weighted by molar-refractivity contribution is -0.128. The molecule has 2 N–H and O–H groups in total. The molecule has 9 heteroatoms. The SMILES string of the molecule is CCNC(=NCc1ccccc1CN1CCCC1=O)NCc1nnc2ccccn12.I. The summed E-state index contributed by atoms with van der Waals surface area (Å²) >= 11 is 0. The molecule has 0 atom stereocenters. The summed E-state index contributed by atoms with van der Waals surface area (Å²) in [5.74, 6) is 1.78. The quantitative estimate of drug-likeness (QED) is 0.277. The highest BCUT2D eigenvalue weighted by molar-refractivity contribution is 14.0. The minimum Gasteiger partial charge on any atom is -0.357 e. The number of rotatable bonds is 7. The van der Waals surface area contributed by atoms with Gasteiger partial charge in [-0.05, 0) is 36.6 Å². The average Bonchev–Trinajstić information content (AvgIpc) is 3.37. The van der Waals surface area contributed by atoms with E-state index in [0.29, 0.717) is 26.1 Å². The van der Waals surface area contributed by atoms with Crippen LogP contribution < -0.4 is 10.6 Å². The zero-order valence-electron chi connectivity index (χ0n) is 17.6. The molecule has 0 spiro atoms. The van der Waals surface area contributed by atoms with Crippen molar-refractivity contribution >= 4 is 41.5 Å². The topological polar surface area (TPSA) is 86.9 Å². The number of hydrogen-bond donors (Lipinski definition) is 2. The first-order valence-corrected chi connectivity index (χ1v) is 10.4. The Morgan fingerprint density at radius 3 is 2.68 bits per heavy atom. The van der Waals surface area contributed by atoms with Crippen LogP contribution in [0.4, 0.5) is 0 Å². The monoisotopic (exact) mass is 533 g/mol. The number of hydrogen-bond acceptors (Lipinski definition) is 4. The minimum absolute atomic E-state index is 0. The van der Waals surface area contributed by atoms with Crippen molar-refractivity contribution in [3.8, 4) is 0 Å². The lowest BCUT2D eigenvalue weighted by Crippen LogP contribution is -2.37. The molecule has 0 aliphatic carbocycles. The maximum absolute atomic E-state index is 12.0. The fourth-order valence-corrected chi connectivity index (χ4v) is 3.62. The molecule has 1 saturated heterocycles. The molecule has 0 bridgehead atoms. The van der Waals surface area contributed by atoms with Gasteiger partial charge in [-0.1, -0.05) is 30.3 Å². The molecule has 8 nitrogen and oxygen atoms in total. The van der Waals surface area contributed by atoms with Crippen molar-refractivity contribution in [2.45, 2.75) is 39.4 Å². The number of pyridine rings is 1. The van der Waals surface area contributed by atoms with Gasteiger partial charge < -0.3 is 15.5 Å². The third-order valence-corrected chi connectivity index (χ3v) is 5.20. The fourth-order valence-electron chi connectivity index (χ4n) is 3.62. The Morgan fingerprint density at radius 2 is 1.90 bits per heavy atom. The van der Waals surface area contributed by atoms with E-state index in [0.717, 1.165) is 48.1 Å². The van der Waals surface area contributed by atoms with Gasteiger partial charge in [0.25, 0.3) is 0 Å². The molecule has 2 aromatic heterocycles. The number of carbonyl (C=O) groups excluding carboxylic acids is 1. The molecule has 1 aliphatic heterocycles. The van der Waals surface area contributed by atoms with Crippen LogP contribution in [0.3, 0.4) is 0 Å². The molecule has 0 saturated carbocycles. The molecule has 0 radical (unpaired) electrons. The molecular weight excluding hydrogens is 505 g/mol. The first kappa shape index (κ1) is 23.0. The highest BCUT2D eigenvalue weighted by atomic mass is 127. The predicted octanol–water partition coefficient (Wildman–Crippen LogP) is 2.73. The summed E-state index contributed by atoms with van der Waals surface area (Å²) in [5.41, 5.74) is 3.10. The first-order valence-electron chi connectivity index (χ1n) is 10.4. The lowest BCUT2D eigenvalue weighted by atomic mass is 10.1. The van der Waals surface area contributed by atoms with Crippen LogP contribution in [0.5, 0.6) is 0 Å². The average molecular weight is 533 g/mol. The number of aliphatic imine (C=N–C) groups is 1. The predicted molar refractivity (Wildman–Crippen MR) is 131 cm³/mol. The number of fused-ring (bicyclic) bond motifs is 1. The molecule has 4 rings (SSSR count). The van der Waals surface area contributed by atoms with Gasteiger partial charge >= 0.3 is 0 Å². The van der Waals surface area contributed by atoms with Crippen molar-refractivity contribution in [1.29, 1.82) is 0 Å². The molecule has 1 fully saturated rings. The summed E-state index contributed by atoms with van der Waals surface area (Å²) in [5, 5.41) is 15.1. The van der Waals surface area contributed by atoms with Crippen molar-refractivity contribution in [2.24, 2.45) is 4.99 Å². The molecule has 1 aliphatic rings. The van der Waals surface area contributed by atoms with E-state index in [9.17, 15) is 4.79 Å². The van der Waals surface area contributed by atoms with Crippen molar-refractivity contribution in [3.05, 3.63) is 65.6 Å². The highest BCUT2D eigenvalue weighted by Gasteiger charge is 2.20. The number of benzene rings is 1. The van der Waals surface area contributed by atoms with Crippen LogP contribution in [0.1, 0.15) is 36.7 Å². The van der Waals surface area contributed by atoms with E-state index < -0.39 is 0 Å². The van der Waals surface area contributed by atoms with Crippen LogP contribution in [0.2, 0.25) is 0 Å². The number of likely N-dealkylation sites (tertiary alicyclic amines) is 1. The summed E-state index contributed by atoms with van der Waals surface area (Å²) in [6, 6.07) is 14.0. The van der Waals surface area contributed by atoms with E-state index in [2.05, 4.69) is 33.0 Å². The Kier molecular flexibility index (Phi) is 8.21. The molecule has 0 unspecified atom stereocenters. The molecule has 3 aromatic rings. The molecule has 3 heterocycles. The third kappa shape index (κ3) is 5.72. The van der Waals surface area contributed by atoms with Crippen LogP contribution in [-0.4, -0.2) is 44.5 Å². The number of halogens is 1. The fraction of sp³-hybridized carbons (Fsp3) is 0.364. The van der Waals surface area contributed by atoms with E-state index in [4.69, 9.17) is 4.99 Å². The van der Waals surface area contributed by atoms with Gasteiger partial charge in [0.15, 0.2) is 17.4 Å². The standard InChI is InChI=1S/C22H27N7O.HI/c1-2-23-22(25-15-20-27-26-19-10-5-6-13-29(19)20)24-14-17-8-3-4-9-18(17)16-28-12-7-11-21(28)30;/h3-6,8-10,13H,2,7,11-12,14-16H2,1H3,(H2,23,24,25);1H. The Bertz CT molecular complexity index is 1050. The number of carbonyl (C=O) groups is 1. The summed E-state index contributed by atoms with van der Waals surface area (Å²) in [4.78, 5) is 18.7. The third-order valence-electron chi connectivity index (χ3n) is 5.20. The lowest BCUT2D eigenvalue weighted by Gasteiger charge is -2.18. The van der Waals surface area contributed by atoms with E-state index >= 15 is 0 Å². The summed E-state index contributed by atoms with van der Waals surface area (Å²) in [6.07, 6.45) is 3.56. The second kappa shape index (κ2) is 11.1. The number of guanidine groups is 1. The summed E-state index contributed by atoms with van der Waals surface area (Å²) in [6.45, 7) is 5.34. The number of nitrogens with zero attached hydrogens (tertiary/aromatic N) is 5. The van der Waals surface area contributed by atoms with E-state index in [1.165, 1.54) is 0 Å². The summed E-state index contributed by atoms with van der Waals surface area (Å²) in [7, 11) is 0. The number of nitrogens with one attached hydrogen (secondary N) is 2. The van der Waals surface area contributed by atoms with Crippen molar-refractivity contribution in [1.82, 2.24) is 30.1 Å². The smallest absolute Gasteiger partial charge is 0.222 e. The van der Waals surface area contributed by atoms with Gasteiger partial charge in [-0.15, -0.1) is 34.2 Å². The molecule has 1 aromatic carbocycles. The second-order valence-corrected chi connectivity index (χ2v) is 7.28. The van der Waals surface area contributed by atoms with Crippen LogP contribution >= 0.6 is 24.0 Å². The Morgan fingerprint density at radius 1 is 1.10 bits per heavy atom. The van der Waals surface area contributed by atoms with Gasteiger partial charge in [-0.25, -0.2) is 4.99 Å². The molecular formula is C22H28IN7O. The Balaban J connectivity index is 0.00000272. The minimum atomic E-state index is 0. The maximum atomic E-state index is 12.0. The zero-order valence-corrected chi connectivity index (χ0v) is 20.0. The van der Waals surface area contributed by atoms with Crippen molar-refractivity contribution in [2.75, 3.05) is 13.1 Å². The van der Waals surface area contributed by atoms with Crippen LogP contribution in [0, 0.1) is 0 Å². The van der Waals surface area contributed by atoms with Crippen molar-refractivity contribution in [3.63, 3.8) is 0 Å². The first-order chi connectivity index (χ1) is 14.7. The highest BCUT2D eigenvalue weighted by Crippen LogP contribution is 2.17. The zero-order chi connectivity index (χ0) is 20.8. The van der Waals surface area contributed by atoms with Gasteiger partial charge in [0.1, 0.15) is 0 Å². The Labute approximate surface area is 199 Å². The van der Waals surface area contributed by atoms with Gasteiger partial charge in [-0.3, -0.25) is 9.20 Å². The second-order valence-electron chi connectivity index (χ2n) is 7.28. The number of amides is 1. The van der Waals surface area contributed by atoms with Gasteiger partial charge in [0.2, 0.25) is 5.91 Å². The van der Waals surface area contributed by atoms with E-state index in [1.54, 1.807) is 0 Å². The van der Waals surface area contributed by atoms with Crippen LogP contribution in [-0.2, 0) is 24.4 Å². The molecule has 31 heavy (non-hydrogen) atoms. The molecule has 1 amide bonds. The van der Waals surface area contributed by atoms with E-state index in [1.807, 2.05) is 52.8 Å². The van der Waals surface area contributed by atoms with Gasteiger partial charge in [0, 0.05) is 32.3 Å². The van der Waals surface area contributed by atoms with Crippen LogP contribution in [0.25, 0.3) is 5.65 Å². The van der Waals surface area contributed by atoms with Gasteiger partial charge in [-0.2, -0.15) is 0 Å². The summed E-state index contributed by atoms with van der Waals surface area (Å²) < 4.78 is 1.96. The van der Waals surface area contributed by atoms with Gasteiger partial charge in [0.05, 0.1) is 13.1 Å². The molecule has 164 valence electrons.